The van der Waals surface area contributed by atoms with Gasteiger partial charge in [0.2, 0.25) is 5.91 Å². The second-order valence-corrected chi connectivity index (χ2v) is 6.18. The van der Waals surface area contributed by atoms with Crippen LogP contribution in [0.15, 0.2) is 30.3 Å². The Bertz CT molecular complexity index is 420. The lowest BCUT2D eigenvalue weighted by molar-refractivity contribution is -0.141. The maximum absolute atomic E-state index is 12.6. The van der Waals surface area contributed by atoms with Crippen LogP contribution in [0, 0.1) is 5.41 Å². The fraction of sp³-hybridized carbons (Fsp3) is 0.562. The number of hydrogen-bond acceptors (Lipinski definition) is 2. The Hall–Kier alpha value is -1.35. The summed E-state index contributed by atoms with van der Waals surface area (Å²) >= 11 is 0. The first kappa shape index (κ1) is 14.1. The molecule has 2 N–H and O–H groups in total. The quantitative estimate of drug-likeness (QED) is 0.905. The Labute approximate surface area is 115 Å². The second-order valence-electron chi connectivity index (χ2n) is 6.18. The molecule has 1 amide bonds. The molecule has 19 heavy (non-hydrogen) atoms. The lowest BCUT2D eigenvalue weighted by atomic mass is 9.83. The molecule has 3 nitrogen and oxygen atoms in total. The van der Waals surface area contributed by atoms with Gasteiger partial charge in [0.1, 0.15) is 0 Å². The van der Waals surface area contributed by atoms with E-state index in [0.29, 0.717) is 0 Å². The van der Waals surface area contributed by atoms with Gasteiger partial charge in [-0.05, 0) is 24.8 Å². The van der Waals surface area contributed by atoms with Crippen LogP contribution < -0.4 is 5.73 Å². The van der Waals surface area contributed by atoms with Crippen LogP contribution in [0.4, 0.5) is 0 Å². The van der Waals surface area contributed by atoms with Gasteiger partial charge >= 0.3 is 0 Å². The maximum Gasteiger partial charge on any atom is 0.228 e. The second kappa shape index (κ2) is 5.74. The Balaban J connectivity index is 2.00. The molecule has 2 rings (SSSR count). The first-order chi connectivity index (χ1) is 8.99. The summed E-state index contributed by atoms with van der Waals surface area (Å²) in [6.07, 6.45) is 2.63. The summed E-state index contributed by atoms with van der Waals surface area (Å²) in [4.78, 5) is 14.6. The topological polar surface area (TPSA) is 46.3 Å². The van der Waals surface area contributed by atoms with Gasteiger partial charge in [-0.25, -0.2) is 0 Å². The van der Waals surface area contributed by atoms with Gasteiger partial charge in [0.25, 0.3) is 0 Å². The van der Waals surface area contributed by atoms with Crippen molar-refractivity contribution >= 4 is 5.91 Å². The van der Waals surface area contributed by atoms with E-state index in [1.807, 2.05) is 36.9 Å². The molecule has 3 heteroatoms. The highest BCUT2D eigenvalue weighted by atomic mass is 16.2. The van der Waals surface area contributed by atoms with Gasteiger partial charge < -0.3 is 10.6 Å². The summed E-state index contributed by atoms with van der Waals surface area (Å²) in [7, 11) is 0. The molecule has 1 aromatic rings. The number of carbonyl (C=O) groups excluding carboxylic acids is 1. The van der Waals surface area contributed by atoms with Crippen LogP contribution in [-0.2, 0) is 11.2 Å². The molecule has 1 aromatic carbocycles. The molecule has 0 spiro atoms. The van der Waals surface area contributed by atoms with E-state index >= 15 is 0 Å². The summed E-state index contributed by atoms with van der Waals surface area (Å²) in [5, 5.41) is 0. The number of hydrogen-bond donors (Lipinski definition) is 1. The van der Waals surface area contributed by atoms with Crippen LogP contribution in [0.5, 0.6) is 0 Å². The predicted octanol–water partition coefficient (Wildman–Crippen LogP) is 2.21. The van der Waals surface area contributed by atoms with Gasteiger partial charge in [0.05, 0.1) is 0 Å². The van der Waals surface area contributed by atoms with E-state index < -0.39 is 0 Å². The number of rotatable bonds is 3. The molecule has 104 valence electrons. The molecule has 0 unspecified atom stereocenters. The zero-order chi connectivity index (χ0) is 13.9. The third-order valence-electron chi connectivity index (χ3n) is 3.89. The highest BCUT2D eigenvalue weighted by molar-refractivity contribution is 5.82. The molecule has 0 saturated carbocycles. The smallest absolute Gasteiger partial charge is 0.228 e. The van der Waals surface area contributed by atoms with E-state index in [9.17, 15) is 4.79 Å². The van der Waals surface area contributed by atoms with Gasteiger partial charge in [-0.1, -0.05) is 44.2 Å². The number of nitrogens with zero attached hydrogens (tertiary/aromatic N) is 1. The first-order valence-corrected chi connectivity index (χ1v) is 7.08. The van der Waals surface area contributed by atoms with Crippen LogP contribution in [0.25, 0.3) is 0 Å². The third-order valence-corrected chi connectivity index (χ3v) is 3.89. The molecule has 0 aromatic heterocycles. The summed E-state index contributed by atoms with van der Waals surface area (Å²) in [6, 6.07) is 10.5. The molecule has 1 aliphatic rings. The normalized spacial score (nSPS) is 17.5. The van der Waals surface area contributed by atoms with E-state index in [1.54, 1.807) is 0 Å². The van der Waals surface area contributed by atoms with Gasteiger partial charge in [0, 0.05) is 24.5 Å². The highest BCUT2D eigenvalue weighted by Gasteiger charge is 2.33. The Morgan fingerprint density at radius 3 is 2.42 bits per heavy atom. The Kier molecular flexibility index (Phi) is 4.25. The lowest BCUT2D eigenvalue weighted by Gasteiger charge is -2.36. The number of carbonyl (C=O) groups is 1. The molecule has 0 radical (unpaired) electrons. The van der Waals surface area contributed by atoms with Crippen molar-refractivity contribution in [2.45, 2.75) is 39.2 Å². The molecule has 1 fully saturated rings. The number of amides is 1. The minimum atomic E-state index is -0.344. The molecule has 1 heterocycles. The number of benzene rings is 1. The molecule has 0 bridgehead atoms. The minimum Gasteiger partial charge on any atom is -0.342 e. The van der Waals surface area contributed by atoms with Crippen molar-refractivity contribution in [3.05, 3.63) is 35.9 Å². The maximum atomic E-state index is 12.6. The van der Waals surface area contributed by atoms with Crippen LogP contribution in [-0.4, -0.2) is 29.9 Å². The van der Waals surface area contributed by atoms with Crippen molar-refractivity contribution in [2.75, 3.05) is 13.1 Å². The van der Waals surface area contributed by atoms with Gasteiger partial charge in [-0.2, -0.15) is 0 Å². The third kappa shape index (κ3) is 3.57. The molecule has 1 saturated heterocycles. The molecule has 0 atom stereocenters. The van der Waals surface area contributed by atoms with Crippen molar-refractivity contribution in [3.63, 3.8) is 0 Å². The van der Waals surface area contributed by atoms with Crippen LogP contribution in [0.2, 0.25) is 0 Å². The molecular formula is C16H24N2O. The van der Waals surface area contributed by atoms with Crippen molar-refractivity contribution in [1.29, 1.82) is 0 Å². The van der Waals surface area contributed by atoms with E-state index in [1.165, 1.54) is 5.56 Å². The average molecular weight is 260 g/mol. The number of nitrogens with two attached hydrogens (primary N) is 1. The van der Waals surface area contributed by atoms with Crippen molar-refractivity contribution in [3.8, 4) is 0 Å². The zero-order valence-corrected chi connectivity index (χ0v) is 11.9. The fourth-order valence-corrected chi connectivity index (χ4v) is 2.71. The van der Waals surface area contributed by atoms with Crippen molar-refractivity contribution < 1.29 is 4.79 Å². The van der Waals surface area contributed by atoms with Crippen molar-refractivity contribution in [1.82, 2.24) is 4.90 Å². The van der Waals surface area contributed by atoms with E-state index in [-0.39, 0.29) is 17.4 Å². The average Bonchev–Trinajstić information content (AvgIpc) is 2.39. The standard InChI is InChI=1S/C16H24N2O/c1-16(2,12-13-6-4-3-5-7-13)15(19)18-10-8-14(17)9-11-18/h3-7,14H,8-12,17H2,1-2H3. The Morgan fingerprint density at radius 2 is 1.84 bits per heavy atom. The Morgan fingerprint density at radius 1 is 1.26 bits per heavy atom. The van der Waals surface area contributed by atoms with Crippen LogP contribution >= 0.6 is 0 Å². The first-order valence-electron chi connectivity index (χ1n) is 7.08. The molecule has 0 aliphatic carbocycles. The number of likely N-dealkylation sites (tertiary alicyclic amines) is 1. The fourth-order valence-electron chi connectivity index (χ4n) is 2.71. The van der Waals surface area contributed by atoms with Crippen molar-refractivity contribution in [2.24, 2.45) is 11.1 Å². The largest absolute Gasteiger partial charge is 0.342 e. The van der Waals surface area contributed by atoms with Gasteiger partial charge in [-0.15, -0.1) is 0 Å². The van der Waals surface area contributed by atoms with E-state index in [4.69, 9.17) is 5.73 Å². The van der Waals surface area contributed by atoms with Gasteiger partial charge in [-0.3, -0.25) is 4.79 Å². The zero-order valence-electron chi connectivity index (χ0n) is 11.9. The molecule has 1 aliphatic heterocycles. The lowest BCUT2D eigenvalue weighted by Crippen LogP contribution is -2.48. The highest BCUT2D eigenvalue weighted by Crippen LogP contribution is 2.26. The van der Waals surface area contributed by atoms with Crippen LogP contribution in [0.3, 0.4) is 0 Å². The summed E-state index contributed by atoms with van der Waals surface area (Å²) in [6.45, 7) is 5.68. The summed E-state index contributed by atoms with van der Waals surface area (Å²) in [5.41, 5.74) is 6.76. The molecular weight excluding hydrogens is 236 g/mol. The minimum absolute atomic E-state index is 0.253. The summed E-state index contributed by atoms with van der Waals surface area (Å²) in [5.74, 6) is 0.253. The monoisotopic (exact) mass is 260 g/mol. The SMILES string of the molecule is CC(C)(Cc1ccccc1)C(=O)N1CCC(N)CC1. The van der Waals surface area contributed by atoms with Crippen LogP contribution in [0.1, 0.15) is 32.3 Å². The summed E-state index contributed by atoms with van der Waals surface area (Å²) < 4.78 is 0. The van der Waals surface area contributed by atoms with E-state index in [2.05, 4.69) is 12.1 Å². The van der Waals surface area contributed by atoms with E-state index in [0.717, 1.165) is 32.4 Å². The predicted molar refractivity (Wildman–Crippen MR) is 77.7 cm³/mol. The van der Waals surface area contributed by atoms with Gasteiger partial charge in [0.15, 0.2) is 0 Å². The number of piperidine rings is 1.